The maximum atomic E-state index is 10.4. The minimum atomic E-state index is -0.798. The molecule has 0 bridgehead atoms. The van der Waals surface area contributed by atoms with Crippen molar-refractivity contribution < 1.29 is 9.90 Å². The molecule has 0 aromatic carbocycles. The molecular formula is C9H9N3O2. The van der Waals surface area contributed by atoms with E-state index in [4.69, 9.17) is 5.11 Å². The minimum absolute atomic E-state index is 0.121. The molecule has 0 spiro atoms. The van der Waals surface area contributed by atoms with Gasteiger partial charge in [0.05, 0.1) is 17.9 Å². The van der Waals surface area contributed by atoms with E-state index in [0.29, 0.717) is 6.42 Å². The van der Waals surface area contributed by atoms with Crippen molar-refractivity contribution in [2.24, 2.45) is 0 Å². The van der Waals surface area contributed by atoms with Gasteiger partial charge < -0.3 is 5.11 Å². The highest BCUT2D eigenvalue weighted by molar-refractivity contribution is 5.67. The highest BCUT2D eigenvalue weighted by Gasteiger charge is 2.05. The number of hydrogen-bond acceptors (Lipinski definition) is 3. The Labute approximate surface area is 80.0 Å². The third-order valence-corrected chi connectivity index (χ3v) is 2.01. The lowest BCUT2D eigenvalue weighted by Crippen LogP contribution is -1.97. The maximum Gasteiger partial charge on any atom is 0.303 e. The lowest BCUT2D eigenvalue weighted by atomic mass is 10.2. The molecule has 0 radical (unpaired) electrons. The Hall–Kier alpha value is -1.91. The zero-order valence-electron chi connectivity index (χ0n) is 7.42. The fourth-order valence-electron chi connectivity index (χ4n) is 1.32. The topological polar surface area (TPSA) is 67.5 Å². The largest absolute Gasteiger partial charge is 0.481 e. The molecule has 1 N–H and O–H groups in total. The first-order valence-electron chi connectivity index (χ1n) is 4.25. The molecule has 0 aliphatic rings. The van der Waals surface area contributed by atoms with Crippen LogP contribution in [0.2, 0.25) is 0 Å². The van der Waals surface area contributed by atoms with E-state index >= 15 is 0 Å². The number of carboxylic acid groups (broad SMARTS) is 1. The molecule has 0 saturated heterocycles. The van der Waals surface area contributed by atoms with Gasteiger partial charge in [-0.1, -0.05) is 0 Å². The molecule has 0 aliphatic carbocycles. The van der Waals surface area contributed by atoms with Gasteiger partial charge in [-0.05, 0) is 6.42 Å². The smallest absolute Gasteiger partial charge is 0.303 e. The molecule has 72 valence electrons. The lowest BCUT2D eigenvalue weighted by Gasteiger charge is -1.94. The summed E-state index contributed by atoms with van der Waals surface area (Å²) in [6.45, 7) is 0. The van der Waals surface area contributed by atoms with Crippen LogP contribution in [0.3, 0.4) is 0 Å². The Morgan fingerprint density at radius 1 is 1.50 bits per heavy atom. The summed E-state index contributed by atoms with van der Waals surface area (Å²) < 4.78 is 1.68. The Balaban J connectivity index is 2.29. The molecule has 0 fully saturated rings. The number of rotatable bonds is 3. The lowest BCUT2D eigenvalue weighted by molar-refractivity contribution is -0.136. The SMILES string of the molecule is O=C(O)CCc1cnn2ccncc12. The van der Waals surface area contributed by atoms with Gasteiger partial charge in [-0.25, -0.2) is 4.52 Å². The quantitative estimate of drug-likeness (QED) is 0.777. The number of aromatic nitrogens is 3. The summed E-state index contributed by atoms with van der Waals surface area (Å²) >= 11 is 0. The van der Waals surface area contributed by atoms with Gasteiger partial charge in [-0.15, -0.1) is 0 Å². The molecule has 5 heteroatoms. The predicted octanol–water partition coefficient (Wildman–Crippen LogP) is 0.746. The van der Waals surface area contributed by atoms with Crippen molar-refractivity contribution in [1.29, 1.82) is 0 Å². The average molecular weight is 191 g/mol. The summed E-state index contributed by atoms with van der Waals surface area (Å²) in [6.07, 6.45) is 7.35. The van der Waals surface area contributed by atoms with E-state index in [-0.39, 0.29) is 6.42 Å². The molecule has 0 atom stereocenters. The molecule has 2 heterocycles. The molecule has 0 saturated carbocycles. The van der Waals surface area contributed by atoms with Crippen LogP contribution >= 0.6 is 0 Å². The molecule has 0 aliphatic heterocycles. The van der Waals surface area contributed by atoms with Crippen molar-refractivity contribution in [3.8, 4) is 0 Å². The molecule has 2 rings (SSSR count). The maximum absolute atomic E-state index is 10.4. The van der Waals surface area contributed by atoms with Gasteiger partial charge in [0.2, 0.25) is 0 Å². The zero-order valence-corrected chi connectivity index (χ0v) is 7.42. The van der Waals surface area contributed by atoms with Crippen LogP contribution in [0.4, 0.5) is 0 Å². The van der Waals surface area contributed by atoms with Gasteiger partial charge >= 0.3 is 5.97 Å². The average Bonchev–Trinajstić information content (AvgIpc) is 2.58. The second kappa shape index (κ2) is 3.45. The van der Waals surface area contributed by atoms with Crippen molar-refractivity contribution in [3.05, 3.63) is 30.4 Å². The summed E-state index contributed by atoms with van der Waals surface area (Å²) in [5.41, 5.74) is 1.79. The van der Waals surface area contributed by atoms with Crippen molar-refractivity contribution in [2.75, 3.05) is 0 Å². The van der Waals surface area contributed by atoms with E-state index in [1.807, 2.05) is 0 Å². The van der Waals surface area contributed by atoms with E-state index in [1.54, 1.807) is 29.3 Å². The van der Waals surface area contributed by atoms with Crippen molar-refractivity contribution >= 4 is 11.5 Å². The number of nitrogens with zero attached hydrogens (tertiary/aromatic N) is 3. The van der Waals surface area contributed by atoms with E-state index in [9.17, 15) is 4.79 Å². The zero-order chi connectivity index (χ0) is 9.97. The Kier molecular flexibility index (Phi) is 2.14. The van der Waals surface area contributed by atoms with Gasteiger partial charge in [-0.3, -0.25) is 9.78 Å². The summed E-state index contributed by atoms with van der Waals surface area (Å²) in [6, 6.07) is 0. The molecule has 0 unspecified atom stereocenters. The summed E-state index contributed by atoms with van der Waals surface area (Å²) in [7, 11) is 0. The standard InChI is InChI=1S/C9H9N3O2/c13-9(14)2-1-7-5-11-12-4-3-10-6-8(7)12/h3-6H,1-2H2,(H,13,14). The van der Waals surface area contributed by atoms with Gasteiger partial charge in [0.1, 0.15) is 0 Å². The van der Waals surface area contributed by atoms with E-state index < -0.39 is 5.97 Å². The van der Waals surface area contributed by atoms with Crippen LogP contribution in [0, 0.1) is 0 Å². The molecule has 2 aromatic heterocycles. The fraction of sp³-hybridized carbons (Fsp3) is 0.222. The number of aryl methyl sites for hydroxylation is 1. The Morgan fingerprint density at radius 2 is 2.36 bits per heavy atom. The van der Waals surface area contributed by atoms with E-state index in [2.05, 4.69) is 10.1 Å². The first-order valence-corrected chi connectivity index (χ1v) is 4.25. The van der Waals surface area contributed by atoms with Crippen molar-refractivity contribution in [1.82, 2.24) is 14.6 Å². The predicted molar refractivity (Wildman–Crippen MR) is 48.9 cm³/mol. The van der Waals surface area contributed by atoms with Crippen LogP contribution in [0.1, 0.15) is 12.0 Å². The molecule has 14 heavy (non-hydrogen) atoms. The van der Waals surface area contributed by atoms with Crippen LogP contribution in [-0.4, -0.2) is 25.7 Å². The number of aliphatic carboxylic acids is 1. The van der Waals surface area contributed by atoms with Gasteiger partial charge in [0.15, 0.2) is 0 Å². The third kappa shape index (κ3) is 1.56. The molecule has 2 aromatic rings. The number of fused-ring (bicyclic) bond motifs is 1. The molecular weight excluding hydrogens is 182 g/mol. The third-order valence-electron chi connectivity index (χ3n) is 2.01. The van der Waals surface area contributed by atoms with Crippen molar-refractivity contribution in [2.45, 2.75) is 12.8 Å². The van der Waals surface area contributed by atoms with Crippen molar-refractivity contribution in [3.63, 3.8) is 0 Å². The Morgan fingerprint density at radius 3 is 3.14 bits per heavy atom. The molecule has 0 amide bonds. The first kappa shape index (κ1) is 8.68. The summed E-state index contributed by atoms with van der Waals surface area (Å²) in [5.74, 6) is -0.798. The van der Waals surface area contributed by atoms with Crippen LogP contribution in [0.15, 0.2) is 24.8 Å². The van der Waals surface area contributed by atoms with Gasteiger partial charge in [0, 0.05) is 24.4 Å². The minimum Gasteiger partial charge on any atom is -0.481 e. The second-order valence-corrected chi connectivity index (χ2v) is 2.97. The monoisotopic (exact) mass is 191 g/mol. The summed E-state index contributed by atoms with van der Waals surface area (Å²) in [4.78, 5) is 14.4. The number of carbonyl (C=O) groups is 1. The van der Waals surface area contributed by atoms with Crippen LogP contribution < -0.4 is 0 Å². The van der Waals surface area contributed by atoms with E-state index in [1.165, 1.54) is 0 Å². The normalized spacial score (nSPS) is 10.6. The van der Waals surface area contributed by atoms with Crippen LogP contribution in [0.5, 0.6) is 0 Å². The first-order chi connectivity index (χ1) is 6.77. The molecule has 5 nitrogen and oxygen atoms in total. The Bertz CT molecular complexity index is 464. The van der Waals surface area contributed by atoms with Gasteiger partial charge in [0.25, 0.3) is 0 Å². The van der Waals surface area contributed by atoms with Crippen LogP contribution in [-0.2, 0) is 11.2 Å². The van der Waals surface area contributed by atoms with Crippen LogP contribution in [0.25, 0.3) is 5.52 Å². The summed E-state index contributed by atoms with van der Waals surface area (Å²) in [5, 5.41) is 12.6. The highest BCUT2D eigenvalue weighted by atomic mass is 16.4. The second-order valence-electron chi connectivity index (χ2n) is 2.97. The number of carboxylic acids is 1. The highest BCUT2D eigenvalue weighted by Crippen LogP contribution is 2.10. The van der Waals surface area contributed by atoms with E-state index in [0.717, 1.165) is 11.1 Å². The fourth-order valence-corrected chi connectivity index (χ4v) is 1.32. The number of hydrogen-bond donors (Lipinski definition) is 1. The van der Waals surface area contributed by atoms with Gasteiger partial charge in [-0.2, -0.15) is 5.10 Å².